The molecular formula is C22H16BrFN2O3S. The number of thiazole rings is 1. The van der Waals surface area contributed by atoms with E-state index in [1.54, 1.807) is 31.2 Å². The van der Waals surface area contributed by atoms with Crippen LogP contribution in [0.15, 0.2) is 74.1 Å². The Hall–Kier alpha value is -2.84. The first-order chi connectivity index (χ1) is 14.4. The topological polar surface area (TPSA) is 60.7 Å². The molecule has 0 saturated carbocycles. The molecule has 152 valence electrons. The van der Waals surface area contributed by atoms with Crippen molar-refractivity contribution in [3.8, 4) is 0 Å². The van der Waals surface area contributed by atoms with Crippen molar-refractivity contribution in [2.45, 2.75) is 13.0 Å². The van der Waals surface area contributed by atoms with Gasteiger partial charge >= 0.3 is 5.97 Å². The summed E-state index contributed by atoms with van der Waals surface area (Å²) in [5.41, 5.74) is 1.23. The highest BCUT2D eigenvalue weighted by molar-refractivity contribution is 9.10. The fraction of sp³-hybridized carbons (Fsp3) is 0.136. The van der Waals surface area contributed by atoms with E-state index in [4.69, 9.17) is 4.74 Å². The number of hydrogen-bond donors (Lipinski definition) is 0. The molecule has 1 aliphatic heterocycles. The van der Waals surface area contributed by atoms with E-state index >= 15 is 0 Å². The lowest BCUT2D eigenvalue weighted by Gasteiger charge is -2.24. The first-order valence-corrected chi connectivity index (χ1v) is 10.6. The number of carbonyl (C=O) groups excluding carboxylic acids is 1. The number of allylic oxidation sites excluding steroid dienone is 1. The van der Waals surface area contributed by atoms with Crippen molar-refractivity contribution in [3.63, 3.8) is 0 Å². The maximum absolute atomic E-state index is 14.7. The van der Waals surface area contributed by atoms with Crippen molar-refractivity contribution < 1.29 is 13.9 Å². The predicted molar refractivity (Wildman–Crippen MR) is 116 cm³/mol. The predicted octanol–water partition coefficient (Wildman–Crippen LogP) is 3.31. The standard InChI is InChI=1S/C22H16BrFN2O3S/c1-12-18(21(28)29-2)19(15-8-3-4-9-16(15)24)26-20(27)17(30-22(26)25-12)11-13-6-5-7-14(23)10-13/h3-11,19H,1-2H3/b17-11-. The molecule has 1 aliphatic rings. The number of halogens is 2. The maximum Gasteiger partial charge on any atom is 0.338 e. The van der Waals surface area contributed by atoms with Crippen LogP contribution in [-0.2, 0) is 9.53 Å². The Morgan fingerprint density at radius 2 is 2.03 bits per heavy atom. The fourth-order valence-electron chi connectivity index (χ4n) is 3.43. The molecule has 0 N–H and O–H groups in total. The molecule has 5 nitrogen and oxygen atoms in total. The zero-order valence-electron chi connectivity index (χ0n) is 16.1. The lowest BCUT2D eigenvalue weighted by atomic mass is 9.95. The smallest absolute Gasteiger partial charge is 0.338 e. The molecule has 0 aliphatic carbocycles. The van der Waals surface area contributed by atoms with Crippen molar-refractivity contribution in [2.24, 2.45) is 4.99 Å². The molecule has 0 amide bonds. The molecule has 0 radical (unpaired) electrons. The number of aromatic nitrogens is 1. The maximum atomic E-state index is 14.7. The Labute approximate surface area is 183 Å². The minimum Gasteiger partial charge on any atom is -0.466 e. The molecular weight excluding hydrogens is 471 g/mol. The summed E-state index contributed by atoms with van der Waals surface area (Å²) < 4.78 is 22.3. The number of esters is 1. The second kappa shape index (κ2) is 8.12. The molecule has 8 heteroatoms. The molecule has 0 bridgehead atoms. The Morgan fingerprint density at radius 1 is 1.27 bits per heavy atom. The Morgan fingerprint density at radius 3 is 2.73 bits per heavy atom. The van der Waals surface area contributed by atoms with Gasteiger partial charge < -0.3 is 4.74 Å². The average molecular weight is 487 g/mol. The SMILES string of the molecule is COC(=O)C1=C(C)N=c2s/c(=C\c3cccc(Br)c3)c(=O)n2C1c1ccccc1F. The third-order valence-electron chi connectivity index (χ3n) is 4.77. The van der Waals surface area contributed by atoms with Crippen LogP contribution < -0.4 is 14.9 Å². The molecule has 3 aromatic rings. The number of benzene rings is 2. The van der Waals surface area contributed by atoms with Gasteiger partial charge in [-0.25, -0.2) is 14.2 Å². The van der Waals surface area contributed by atoms with Crippen LogP contribution >= 0.6 is 27.3 Å². The third-order valence-corrected chi connectivity index (χ3v) is 6.25. The van der Waals surface area contributed by atoms with Gasteiger partial charge in [0.05, 0.1) is 22.9 Å². The fourth-order valence-corrected chi connectivity index (χ4v) is 4.90. The van der Waals surface area contributed by atoms with E-state index in [-0.39, 0.29) is 16.7 Å². The van der Waals surface area contributed by atoms with Gasteiger partial charge in [0.25, 0.3) is 5.56 Å². The lowest BCUT2D eigenvalue weighted by molar-refractivity contribution is -0.136. The van der Waals surface area contributed by atoms with Crippen LogP contribution in [0.4, 0.5) is 4.39 Å². The normalized spacial score (nSPS) is 16.3. The average Bonchev–Trinajstić information content (AvgIpc) is 3.02. The zero-order chi connectivity index (χ0) is 21.4. The number of carbonyl (C=O) groups is 1. The zero-order valence-corrected chi connectivity index (χ0v) is 18.5. The summed E-state index contributed by atoms with van der Waals surface area (Å²) in [7, 11) is 1.25. The summed E-state index contributed by atoms with van der Waals surface area (Å²) in [5.74, 6) is -1.16. The van der Waals surface area contributed by atoms with Crippen LogP contribution in [0.1, 0.15) is 24.1 Å². The van der Waals surface area contributed by atoms with Gasteiger partial charge in [-0.2, -0.15) is 0 Å². The van der Waals surface area contributed by atoms with Crippen LogP contribution in [0.3, 0.4) is 0 Å². The van der Waals surface area contributed by atoms with E-state index < -0.39 is 17.8 Å². The van der Waals surface area contributed by atoms with Crippen LogP contribution in [0.25, 0.3) is 6.08 Å². The molecule has 0 saturated heterocycles. The summed E-state index contributed by atoms with van der Waals surface area (Å²) >= 11 is 4.62. The number of rotatable bonds is 3. The molecule has 4 rings (SSSR count). The minimum absolute atomic E-state index is 0.143. The molecule has 30 heavy (non-hydrogen) atoms. The first-order valence-electron chi connectivity index (χ1n) is 9.01. The van der Waals surface area contributed by atoms with Gasteiger partial charge in [0.2, 0.25) is 0 Å². The van der Waals surface area contributed by atoms with Gasteiger partial charge in [-0.1, -0.05) is 57.6 Å². The van der Waals surface area contributed by atoms with Crippen molar-refractivity contribution in [1.29, 1.82) is 0 Å². The summed E-state index contributed by atoms with van der Waals surface area (Å²) in [6.07, 6.45) is 1.75. The highest BCUT2D eigenvalue weighted by atomic mass is 79.9. The molecule has 0 fully saturated rings. The highest BCUT2D eigenvalue weighted by Gasteiger charge is 2.34. The Balaban J connectivity index is 2.01. The third kappa shape index (κ3) is 3.57. The summed E-state index contributed by atoms with van der Waals surface area (Å²) in [6, 6.07) is 12.7. The van der Waals surface area contributed by atoms with Crippen LogP contribution in [0.2, 0.25) is 0 Å². The largest absolute Gasteiger partial charge is 0.466 e. The quantitative estimate of drug-likeness (QED) is 0.533. The second-order valence-corrected chi connectivity index (χ2v) is 8.57. The molecule has 0 spiro atoms. The monoisotopic (exact) mass is 486 g/mol. The number of hydrogen-bond acceptors (Lipinski definition) is 5. The van der Waals surface area contributed by atoms with E-state index in [9.17, 15) is 14.0 Å². The van der Waals surface area contributed by atoms with E-state index in [0.717, 1.165) is 10.0 Å². The van der Waals surface area contributed by atoms with Gasteiger partial charge in [-0.3, -0.25) is 9.36 Å². The molecule has 1 atom stereocenters. The lowest BCUT2D eigenvalue weighted by Crippen LogP contribution is -2.40. The number of nitrogens with zero attached hydrogens (tertiary/aromatic N) is 2. The summed E-state index contributed by atoms with van der Waals surface area (Å²) in [5, 5.41) is 0. The molecule has 1 aromatic heterocycles. The van der Waals surface area contributed by atoms with E-state index in [2.05, 4.69) is 20.9 Å². The van der Waals surface area contributed by atoms with E-state index in [1.807, 2.05) is 24.3 Å². The van der Waals surface area contributed by atoms with Gasteiger partial charge in [0.15, 0.2) is 4.80 Å². The number of fused-ring (bicyclic) bond motifs is 1. The molecule has 2 aromatic carbocycles. The van der Waals surface area contributed by atoms with Crippen LogP contribution in [0, 0.1) is 5.82 Å². The van der Waals surface area contributed by atoms with Gasteiger partial charge in [0, 0.05) is 10.0 Å². The molecule has 1 unspecified atom stereocenters. The van der Waals surface area contributed by atoms with Crippen molar-refractivity contribution >= 4 is 39.3 Å². The van der Waals surface area contributed by atoms with Crippen molar-refractivity contribution in [2.75, 3.05) is 7.11 Å². The summed E-state index contributed by atoms with van der Waals surface area (Å²) in [6.45, 7) is 1.66. The van der Waals surface area contributed by atoms with Crippen LogP contribution in [-0.4, -0.2) is 17.6 Å². The van der Waals surface area contributed by atoms with Crippen LogP contribution in [0.5, 0.6) is 0 Å². The van der Waals surface area contributed by atoms with E-state index in [0.29, 0.717) is 15.0 Å². The van der Waals surface area contributed by atoms with Gasteiger partial charge in [0.1, 0.15) is 11.9 Å². The molecule has 2 heterocycles. The second-order valence-electron chi connectivity index (χ2n) is 6.65. The minimum atomic E-state index is -0.959. The Kier molecular flexibility index (Phi) is 5.53. The summed E-state index contributed by atoms with van der Waals surface area (Å²) in [4.78, 5) is 30.7. The van der Waals surface area contributed by atoms with Crippen molar-refractivity contribution in [3.05, 3.63) is 101 Å². The van der Waals surface area contributed by atoms with Gasteiger partial charge in [-0.15, -0.1) is 0 Å². The van der Waals surface area contributed by atoms with Crippen molar-refractivity contribution in [1.82, 2.24) is 4.57 Å². The number of methoxy groups -OCH3 is 1. The Bertz CT molecular complexity index is 1370. The highest BCUT2D eigenvalue weighted by Crippen LogP contribution is 2.31. The van der Waals surface area contributed by atoms with E-state index in [1.165, 1.54) is 29.1 Å². The van der Waals surface area contributed by atoms with Gasteiger partial charge in [-0.05, 0) is 36.8 Å². The number of ether oxygens (including phenoxy) is 1. The first kappa shape index (κ1) is 20.4.